The van der Waals surface area contributed by atoms with E-state index in [-0.39, 0.29) is 18.4 Å². The van der Waals surface area contributed by atoms with Gasteiger partial charge in [-0.2, -0.15) is 0 Å². The summed E-state index contributed by atoms with van der Waals surface area (Å²) in [6, 6.07) is 0. The minimum Gasteiger partial charge on any atom is -0.481 e. The SMILES string of the molecule is C/C=C\CCCC(=O)O.CCCCC[C@H](O)/C=C/[C@@H]1C[C@@H](O)C[C@H]1O. The largest absolute Gasteiger partial charge is 0.481 e. The van der Waals surface area contributed by atoms with Crippen LogP contribution in [0.3, 0.4) is 0 Å². The molecule has 4 N–H and O–H groups in total. The standard InChI is InChI=1S/C13H24O3.C7H12O2/c1-2-3-4-5-11(14)7-6-10-8-12(15)9-13(10)16;1-2-3-4-5-6-7(8)9/h6-7,10-16H,2-5,8-9H2,1H3;2-3H,4-6H2,1H3,(H,8,9)/b7-6+;3-2-/t10-,11+,12-,13-;/m1./s1. The van der Waals surface area contributed by atoms with Gasteiger partial charge in [-0.3, -0.25) is 4.79 Å². The van der Waals surface area contributed by atoms with E-state index in [0.29, 0.717) is 12.8 Å². The van der Waals surface area contributed by atoms with Crippen molar-refractivity contribution in [3.05, 3.63) is 24.3 Å². The van der Waals surface area contributed by atoms with Crippen molar-refractivity contribution in [2.45, 2.75) is 89.9 Å². The second kappa shape index (κ2) is 15.1. The number of aliphatic carboxylic acids is 1. The Morgan fingerprint density at radius 2 is 1.92 bits per heavy atom. The monoisotopic (exact) mass is 356 g/mol. The third kappa shape index (κ3) is 13.8. The van der Waals surface area contributed by atoms with E-state index in [2.05, 4.69) is 6.92 Å². The van der Waals surface area contributed by atoms with Crippen LogP contribution in [-0.4, -0.2) is 44.7 Å². The second-order valence-corrected chi connectivity index (χ2v) is 6.66. The highest BCUT2D eigenvalue weighted by molar-refractivity contribution is 5.66. The van der Waals surface area contributed by atoms with Crippen LogP contribution < -0.4 is 0 Å². The topological polar surface area (TPSA) is 98.0 Å². The molecule has 1 aliphatic rings. The van der Waals surface area contributed by atoms with Crippen molar-refractivity contribution < 1.29 is 25.2 Å². The molecule has 4 atom stereocenters. The van der Waals surface area contributed by atoms with E-state index in [1.54, 1.807) is 6.08 Å². The normalized spacial score (nSPS) is 24.4. The summed E-state index contributed by atoms with van der Waals surface area (Å²) in [5.74, 6) is -0.699. The van der Waals surface area contributed by atoms with Crippen molar-refractivity contribution in [2.24, 2.45) is 5.92 Å². The van der Waals surface area contributed by atoms with Crippen LogP contribution in [0.2, 0.25) is 0 Å². The molecule has 0 aromatic carbocycles. The number of hydrogen-bond acceptors (Lipinski definition) is 4. The Kier molecular flexibility index (Phi) is 14.4. The molecule has 0 heterocycles. The van der Waals surface area contributed by atoms with Gasteiger partial charge in [-0.25, -0.2) is 0 Å². The van der Waals surface area contributed by atoms with Crippen molar-refractivity contribution in [1.29, 1.82) is 0 Å². The smallest absolute Gasteiger partial charge is 0.303 e. The highest BCUT2D eigenvalue weighted by Crippen LogP contribution is 2.27. The molecule has 146 valence electrons. The maximum atomic E-state index is 9.94. The zero-order chi connectivity index (χ0) is 19.1. The minimum absolute atomic E-state index is 0.0100. The summed E-state index contributed by atoms with van der Waals surface area (Å²) in [4.78, 5) is 9.94. The van der Waals surface area contributed by atoms with Crippen LogP contribution in [0.1, 0.15) is 71.6 Å². The van der Waals surface area contributed by atoms with E-state index in [0.717, 1.165) is 38.5 Å². The fourth-order valence-electron chi connectivity index (χ4n) is 2.74. The quantitative estimate of drug-likeness (QED) is 0.355. The Bertz CT molecular complexity index is 392. The molecule has 5 heteroatoms. The minimum atomic E-state index is -0.709. The average Bonchev–Trinajstić information content (AvgIpc) is 2.88. The molecule has 1 rings (SSSR count). The van der Waals surface area contributed by atoms with E-state index in [9.17, 15) is 20.1 Å². The second-order valence-electron chi connectivity index (χ2n) is 6.66. The molecule has 0 aliphatic heterocycles. The predicted molar refractivity (Wildman–Crippen MR) is 100 cm³/mol. The summed E-state index contributed by atoms with van der Waals surface area (Å²) in [5, 5.41) is 36.8. The lowest BCUT2D eigenvalue weighted by Crippen LogP contribution is -2.11. The number of carboxylic acids is 1. The number of allylic oxidation sites excluding steroid dienone is 2. The van der Waals surface area contributed by atoms with Gasteiger partial charge in [-0.15, -0.1) is 0 Å². The maximum Gasteiger partial charge on any atom is 0.303 e. The lowest BCUT2D eigenvalue weighted by atomic mass is 10.0. The molecule has 1 aliphatic carbocycles. The van der Waals surface area contributed by atoms with E-state index < -0.39 is 18.2 Å². The summed E-state index contributed by atoms with van der Waals surface area (Å²) < 4.78 is 0. The van der Waals surface area contributed by atoms with E-state index in [4.69, 9.17) is 5.11 Å². The molecule has 5 nitrogen and oxygen atoms in total. The molecular weight excluding hydrogens is 320 g/mol. The number of aliphatic hydroxyl groups excluding tert-OH is 3. The first kappa shape index (κ1) is 23.8. The van der Waals surface area contributed by atoms with E-state index >= 15 is 0 Å². The van der Waals surface area contributed by atoms with Crippen LogP contribution in [0.5, 0.6) is 0 Å². The zero-order valence-electron chi connectivity index (χ0n) is 15.7. The molecular formula is C20H36O5. The van der Waals surface area contributed by atoms with Gasteiger partial charge in [0.2, 0.25) is 0 Å². The molecule has 1 saturated carbocycles. The first-order chi connectivity index (χ1) is 11.9. The maximum absolute atomic E-state index is 9.94. The molecule has 0 bridgehead atoms. The molecule has 0 aromatic heterocycles. The highest BCUT2D eigenvalue weighted by Gasteiger charge is 2.29. The highest BCUT2D eigenvalue weighted by atomic mass is 16.4. The lowest BCUT2D eigenvalue weighted by molar-refractivity contribution is -0.137. The van der Waals surface area contributed by atoms with Crippen LogP contribution in [0.25, 0.3) is 0 Å². The summed E-state index contributed by atoms with van der Waals surface area (Å²) in [6.07, 6.45) is 13.4. The van der Waals surface area contributed by atoms with Gasteiger partial charge >= 0.3 is 5.97 Å². The third-order valence-corrected chi connectivity index (χ3v) is 4.23. The molecule has 0 amide bonds. The molecule has 0 radical (unpaired) electrons. The zero-order valence-corrected chi connectivity index (χ0v) is 15.7. The fraction of sp³-hybridized carbons (Fsp3) is 0.750. The van der Waals surface area contributed by atoms with Gasteiger partial charge in [0.15, 0.2) is 0 Å². The summed E-state index contributed by atoms with van der Waals surface area (Å²) in [7, 11) is 0. The van der Waals surface area contributed by atoms with Crippen molar-refractivity contribution in [3.63, 3.8) is 0 Å². The Balaban J connectivity index is 0.000000547. The number of unbranched alkanes of at least 4 members (excludes halogenated alkanes) is 3. The van der Waals surface area contributed by atoms with Crippen LogP contribution in [0.4, 0.5) is 0 Å². The molecule has 1 fully saturated rings. The van der Waals surface area contributed by atoms with E-state index in [1.807, 2.05) is 25.2 Å². The number of hydrogen-bond donors (Lipinski definition) is 4. The Labute approximate surface area is 152 Å². The fourth-order valence-corrected chi connectivity index (χ4v) is 2.74. The van der Waals surface area contributed by atoms with Gasteiger partial charge in [0.1, 0.15) is 0 Å². The van der Waals surface area contributed by atoms with E-state index in [1.165, 1.54) is 0 Å². The summed E-state index contributed by atoms with van der Waals surface area (Å²) in [5.41, 5.74) is 0. The molecule has 0 unspecified atom stereocenters. The van der Waals surface area contributed by atoms with Crippen LogP contribution in [0, 0.1) is 5.92 Å². The average molecular weight is 357 g/mol. The number of carbonyl (C=O) groups is 1. The Morgan fingerprint density at radius 1 is 1.20 bits per heavy atom. The van der Waals surface area contributed by atoms with Gasteiger partial charge in [0.25, 0.3) is 0 Å². The predicted octanol–water partition coefficient (Wildman–Crippen LogP) is 3.43. The Morgan fingerprint density at radius 3 is 2.44 bits per heavy atom. The number of aliphatic hydroxyl groups is 3. The van der Waals surface area contributed by atoms with Crippen molar-refractivity contribution >= 4 is 5.97 Å². The van der Waals surface area contributed by atoms with Gasteiger partial charge in [-0.1, -0.05) is 50.5 Å². The first-order valence-electron chi connectivity index (χ1n) is 9.46. The third-order valence-electron chi connectivity index (χ3n) is 4.23. The van der Waals surface area contributed by atoms with Crippen molar-refractivity contribution in [2.75, 3.05) is 0 Å². The van der Waals surface area contributed by atoms with Gasteiger partial charge < -0.3 is 20.4 Å². The molecule has 0 spiro atoms. The van der Waals surface area contributed by atoms with Crippen LogP contribution >= 0.6 is 0 Å². The van der Waals surface area contributed by atoms with Crippen molar-refractivity contribution in [1.82, 2.24) is 0 Å². The van der Waals surface area contributed by atoms with Crippen LogP contribution in [-0.2, 0) is 4.79 Å². The molecule has 25 heavy (non-hydrogen) atoms. The first-order valence-corrected chi connectivity index (χ1v) is 9.46. The van der Waals surface area contributed by atoms with Gasteiger partial charge in [-0.05, 0) is 39.0 Å². The van der Waals surface area contributed by atoms with Crippen molar-refractivity contribution in [3.8, 4) is 0 Å². The van der Waals surface area contributed by atoms with Gasteiger partial charge in [0, 0.05) is 12.3 Å². The Hall–Kier alpha value is -1.17. The van der Waals surface area contributed by atoms with Gasteiger partial charge in [0.05, 0.1) is 18.3 Å². The summed E-state index contributed by atoms with van der Waals surface area (Å²) >= 11 is 0. The van der Waals surface area contributed by atoms with Crippen LogP contribution in [0.15, 0.2) is 24.3 Å². The molecule has 0 aromatic rings. The lowest BCUT2D eigenvalue weighted by Gasteiger charge is -2.10. The number of rotatable bonds is 10. The summed E-state index contributed by atoms with van der Waals surface area (Å²) in [6.45, 7) is 4.07. The number of carboxylic acid groups (broad SMARTS) is 1. The molecule has 0 saturated heterocycles.